The Morgan fingerprint density at radius 1 is 0.960 bits per heavy atom. The maximum atomic E-state index is 13.2. The van der Waals surface area contributed by atoms with E-state index in [1.165, 1.54) is 0 Å². The number of para-hydroxylation sites is 2. The maximum Gasteiger partial charge on any atom is 0.331 e. The Bertz CT molecular complexity index is 910. The summed E-state index contributed by atoms with van der Waals surface area (Å²) in [6.07, 6.45) is 1.70. The van der Waals surface area contributed by atoms with E-state index >= 15 is 0 Å². The van der Waals surface area contributed by atoms with Crippen molar-refractivity contribution in [1.82, 2.24) is 9.88 Å². The molecule has 3 aromatic rings. The summed E-state index contributed by atoms with van der Waals surface area (Å²) in [5.74, 6) is 0.648. The summed E-state index contributed by atoms with van der Waals surface area (Å²) >= 11 is 0. The van der Waals surface area contributed by atoms with Crippen molar-refractivity contribution in [2.24, 2.45) is 0 Å². The topological polar surface area (TPSA) is 62.5 Å². The van der Waals surface area contributed by atoms with Gasteiger partial charge in [-0.2, -0.15) is 0 Å². The first-order chi connectivity index (χ1) is 12.2. The molecule has 4 rings (SSSR count). The summed E-state index contributed by atoms with van der Waals surface area (Å²) in [6, 6.07) is 21.1. The average molecular weight is 330 g/mol. The summed E-state index contributed by atoms with van der Waals surface area (Å²) in [4.78, 5) is 21.1. The molecule has 0 bridgehead atoms. The molecule has 2 aromatic carbocycles. The van der Waals surface area contributed by atoms with E-state index in [0.29, 0.717) is 30.3 Å². The summed E-state index contributed by atoms with van der Waals surface area (Å²) in [7, 11) is 0. The molecule has 1 aliphatic heterocycles. The zero-order valence-corrected chi connectivity index (χ0v) is 13.7. The fourth-order valence-electron chi connectivity index (χ4n) is 3.10. The van der Waals surface area contributed by atoms with Crippen molar-refractivity contribution in [2.75, 3.05) is 10.6 Å². The van der Waals surface area contributed by atoms with Crippen LogP contribution in [0.4, 0.5) is 22.0 Å². The molecule has 5 nitrogen and oxygen atoms in total. The van der Waals surface area contributed by atoms with Crippen molar-refractivity contribution in [3.8, 4) is 0 Å². The predicted molar refractivity (Wildman–Crippen MR) is 98.3 cm³/mol. The van der Waals surface area contributed by atoms with Gasteiger partial charge in [-0.3, -0.25) is 0 Å². The number of nitrogens with two attached hydrogens (primary N) is 1. The van der Waals surface area contributed by atoms with Gasteiger partial charge < -0.3 is 10.6 Å². The third-order valence-corrected chi connectivity index (χ3v) is 4.30. The Hall–Kier alpha value is -3.34. The number of benzene rings is 2. The second-order valence-corrected chi connectivity index (χ2v) is 6.00. The molecular formula is C20H18N4O. The summed E-state index contributed by atoms with van der Waals surface area (Å²) in [5, 5.41) is 0. The van der Waals surface area contributed by atoms with Crippen LogP contribution in [0, 0.1) is 0 Å². The number of aromatic nitrogens is 1. The van der Waals surface area contributed by atoms with Crippen LogP contribution in [-0.4, -0.2) is 15.9 Å². The second-order valence-electron chi connectivity index (χ2n) is 6.00. The van der Waals surface area contributed by atoms with Gasteiger partial charge >= 0.3 is 6.03 Å². The lowest BCUT2D eigenvalue weighted by Crippen LogP contribution is -2.44. The maximum absolute atomic E-state index is 13.2. The molecule has 25 heavy (non-hydrogen) atoms. The first-order valence-electron chi connectivity index (χ1n) is 8.15. The van der Waals surface area contributed by atoms with Crippen molar-refractivity contribution >= 4 is 23.2 Å². The molecule has 2 amide bonds. The van der Waals surface area contributed by atoms with Crippen molar-refractivity contribution < 1.29 is 4.79 Å². The summed E-state index contributed by atoms with van der Waals surface area (Å²) < 4.78 is 0. The zero-order valence-electron chi connectivity index (χ0n) is 13.7. The lowest BCUT2D eigenvalue weighted by molar-refractivity contribution is 0.198. The lowest BCUT2D eigenvalue weighted by atomic mass is 10.1. The van der Waals surface area contributed by atoms with E-state index in [9.17, 15) is 4.79 Å². The quantitative estimate of drug-likeness (QED) is 0.740. The summed E-state index contributed by atoms with van der Waals surface area (Å²) in [5.41, 5.74) is 9.42. The number of nitrogen functional groups attached to an aromatic ring is 1. The number of hydrogen-bond donors (Lipinski definition) is 1. The van der Waals surface area contributed by atoms with Gasteiger partial charge in [0.25, 0.3) is 0 Å². The van der Waals surface area contributed by atoms with Crippen LogP contribution in [0.15, 0.2) is 72.9 Å². The minimum Gasteiger partial charge on any atom is -0.397 e. The van der Waals surface area contributed by atoms with Crippen LogP contribution < -0.4 is 10.6 Å². The molecule has 5 heteroatoms. The Labute approximate surface area is 146 Å². The molecule has 0 radical (unpaired) electrons. The zero-order chi connectivity index (χ0) is 17.2. The second kappa shape index (κ2) is 6.28. The number of urea groups is 1. The number of nitrogens with zero attached hydrogens (tertiary/aromatic N) is 3. The van der Waals surface area contributed by atoms with Crippen molar-refractivity contribution in [2.45, 2.75) is 13.1 Å². The Morgan fingerprint density at radius 3 is 2.52 bits per heavy atom. The van der Waals surface area contributed by atoms with Gasteiger partial charge in [0.1, 0.15) is 5.82 Å². The monoisotopic (exact) mass is 330 g/mol. The molecule has 0 atom stereocenters. The highest BCUT2D eigenvalue weighted by atomic mass is 16.2. The van der Waals surface area contributed by atoms with Crippen LogP contribution in [0.25, 0.3) is 0 Å². The van der Waals surface area contributed by atoms with Crippen LogP contribution in [0.5, 0.6) is 0 Å². The molecular weight excluding hydrogens is 312 g/mol. The Morgan fingerprint density at radius 2 is 1.72 bits per heavy atom. The minimum atomic E-state index is -0.118. The number of carbonyl (C=O) groups is 1. The molecule has 0 fully saturated rings. The molecule has 2 N–H and O–H groups in total. The van der Waals surface area contributed by atoms with Gasteiger partial charge in [-0.15, -0.1) is 0 Å². The minimum absolute atomic E-state index is 0.118. The molecule has 124 valence electrons. The van der Waals surface area contributed by atoms with Gasteiger partial charge in [0, 0.05) is 18.3 Å². The fourth-order valence-corrected chi connectivity index (χ4v) is 3.10. The van der Waals surface area contributed by atoms with Crippen LogP contribution in [0.3, 0.4) is 0 Å². The van der Waals surface area contributed by atoms with Gasteiger partial charge in [0.2, 0.25) is 0 Å². The van der Waals surface area contributed by atoms with Crippen molar-refractivity contribution in [3.63, 3.8) is 0 Å². The Balaban J connectivity index is 1.77. The van der Waals surface area contributed by atoms with E-state index in [1.54, 1.807) is 17.2 Å². The van der Waals surface area contributed by atoms with Gasteiger partial charge in [0.15, 0.2) is 0 Å². The third kappa shape index (κ3) is 2.80. The number of amides is 2. The normalized spacial score (nSPS) is 13.7. The molecule has 0 saturated carbocycles. The molecule has 0 unspecified atom stereocenters. The van der Waals surface area contributed by atoms with Gasteiger partial charge in [-0.25, -0.2) is 14.7 Å². The number of hydrogen-bond acceptors (Lipinski definition) is 3. The molecule has 0 saturated heterocycles. The Kier molecular flexibility index (Phi) is 3.82. The van der Waals surface area contributed by atoms with E-state index in [0.717, 1.165) is 11.1 Å². The van der Waals surface area contributed by atoms with Crippen LogP contribution in [-0.2, 0) is 13.1 Å². The molecule has 1 aromatic heterocycles. The molecule has 0 aliphatic carbocycles. The van der Waals surface area contributed by atoms with Crippen molar-refractivity contribution in [1.29, 1.82) is 0 Å². The molecule has 0 spiro atoms. The van der Waals surface area contributed by atoms with E-state index < -0.39 is 0 Å². The average Bonchev–Trinajstić information content (AvgIpc) is 2.64. The molecule has 1 aliphatic rings. The van der Waals surface area contributed by atoms with Gasteiger partial charge in [-0.1, -0.05) is 48.5 Å². The van der Waals surface area contributed by atoms with E-state index in [4.69, 9.17) is 5.73 Å². The van der Waals surface area contributed by atoms with E-state index in [2.05, 4.69) is 4.98 Å². The first kappa shape index (κ1) is 15.2. The number of carbonyl (C=O) groups excluding carboxylic acids is 1. The number of rotatable bonds is 3. The molecule has 2 heterocycles. The fraction of sp³-hybridized carbons (Fsp3) is 0.100. The lowest BCUT2D eigenvalue weighted by Gasteiger charge is -2.36. The highest BCUT2D eigenvalue weighted by molar-refractivity contribution is 6.03. The van der Waals surface area contributed by atoms with E-state index in [1.807, 2.05) is 65.6 Å². The number of anilines is 3. The SMILES string of the molecule is Nc1ccccc1N1C(=O)N(Cc2ccccc2)Cc2cccnc21. The van der Waals surface area contributed by atoms with Gasteiger partial charge in [0.05, 0.1) is 17.9 Å². The smallest absolute Gasteiger partial charge is 0.331 e. The van der Waals surface area contributed by atoms with Crippen LogP contribution in [0.1, 0.15) is 11.1 Å². The third-order valence-electron chi connectivity index (χ3n) is 4.30. The highest BCUT2D eigenvalue weighted by Gasteiger charge is 2.33. The number of fused-ring (bicyclic) bond motifs is 1. The van der Waals surface area contributed by atoms with Crippen LogP contribution >= 0.6 is 0 Å². The van der Waals surface area contributed by atoms with Gasteiger partial charge in [-0.05, 0) is 23.8 Å². The van der Waals surface area contributed by atoms with E-state index in [-0.39, 0.29) is 6.03 Å². The number of pyridine rings is 1. The highest BCUT2D eigenvalue weighted by Crippen LogP contribution is 2.36. The predicted octanol–water partition coefficient (Wildman–Crippen LogP) is 3.94. The largest absolute Gasteiger partial charge is 0.397 e. The van der Waals surface area contributed by atoms with Crippen LogP contribution in [0.2, 0.25) is 0 Å². The first-order valence-corrected chi connectivity index (χ1v) is 8.15. The van der Waals surface area contributed by atoms with Crippen molar-refractivity contribution in [3.05, 3.63) is 84.1 Å². The standard InChI is InChI=1S/C20H18N4O/c21-17-10-4-5-11-18(17)24-19-16(9-6-12-22-19)14-23(20(24)25)13-15-7-2-1-3-8-15/h1-12H,13-14,21H2. The summed E-state index contributed by atoms with van der Waals surface area (Å²) in [6.45, 7) is 1.07.